The van der Waals surface area contributed by atoms with Crippen LogP contribution < -0.4 is 4.90 Å². The van der Waals surface area contributed by atoms with Crippen molar-refractivity contribution in [2.24, 2.45) is 5.92 Å². The second-order valence-electron chi connectivity index (χ2n) is 8.96. The van der Waals surface area contributed by atoms with Gasteiger partial charge in [-0.05, 0) is 38.0 Å². The second kappa shape index (κ2) is 9.60. The first kappa shape index (κ1) is 23.8. The second-order valence-corrected chi connectivity index (χ2v) is 11.0. The molecule has 3 aromatic rings. The van der Waals surface area contributed by atoms with Crippen LogP contribution in [-0.4, -0.2) is 66.3 Å². The Kier molecular flexibility index (Phi) is 6.52. The molecule has 4 heterocycles. The van der Waals surface area contributed by atoms with Crippen LogP contribution in [0.1, 0.15) is 18.4 Å². The van der Waals surface area contributed by atoms with Crippen molar-refractivity contribution in [1.29, 1.82) is 0 Å². The van der Waals surface area contributed by atoms with Gasteiger partial charge in [0.15, 0.2) is 0 Å². The number of aromatic nitrogens is 3. The number of carbonyl (C=O) groups excluding carboxylic acids is 1. The first-order valence-corrected chi connectivity index (χ1v) is 13.3. The quantitative estimate of drug-likeness (QED) is 0.465. The fourth-order valence-corrected chi connectivity index (χ4v) is 5.69. The maximum atomic E-state index is 13.0. The monoisotopic (exact) mass is 515 g/mol. The summed E-state index contributed by atoms with van der Waals surface area (Å²) in [5.74, 6) is -0.0392. The predicted molar refractivity (Wildman–Crippen MR) is 131 cm³/mol. The van der Waals surface area contributed by atoms with Gasteiger partial charge in [0.25, 0.3) is 10.1 Å². The zero-order valence-corrected chi connectivity index (χ0v) is 20.8. The molecule has 1 aromatic carbocycles. The molecule has 2 fully saturated rings. The summed E-state index contributed by atoms with van der Waals surface area (Å²) in [6, 6.07) is 8.43. The SMILES string of the molecule is Cc1ccc(S(=O)(=O)OC2CN(C(=O)C3CCN(c4cnccc4-n4cc(Cl)cn4)CC3)C2)cc1. The Balaban J connectivity index is 1.15. The highest BCUT2D eigenvalue weighted by molar-refractivity contribution is 7.86. The molecule has 0 radical (unpaired) electrons. The van der Waals surface area contributed by atoms with E-state index in [2.05, 4.69) is 15.0 Å². The summed E-state index contributed by atoms with van der Waals surface area (Å²) in [4.78, 5) is 21.3. The number of piperidine rings is 1. The summed E-state index contributed by atoms with van der Waals surface area (Å²) >= 11 is 6.04. The van der Waals surface area contributed by atoms with E-state index in [0.717, 1.165) is 16.9 Å². The van der Waals surface area contributed by atoms with Crippen LogP contribution in [0.2, 0.25) is 5.02 Å². The van der Waals surface area contributed by atoms with Crippen molar-refractivity contribution >= 4 is 33.3 Å². The molecular weight excluding hydrogens is 490 g/mol. The summed E-state index contributed by atoms with van der Waals surface area (Å²) in [6.45, 7) is 3.88. The molecule has 0 unspecified atom stereocenters. The molecule has 0 saturated carbocycles. The molecule has 2 aliphatic heterocycles. The van der Waals surface area contributed by atoms with E-state index in [4.69, 9.17) is 15.8 Å². The molecule has 2 aliphatic rings. The first-order valence-electron chi connectivity index (χ1n) is 11.5. The number of halogens is 1. The van der Waals surface area contributed by atoms with E-state index in [1.807, 2.05) is 13.0 Å². The third kappa shape index (κ3) is 5.05. The van der Waals surface area contributed by atoms with Crippen LogP contribution in [0.4, 0.5) is 5.69 Å². The summed E-state index contributed by atoms with van der Waals surface area (Å²) in [6.07, 6.45) is 7.76. The van der Waals surface area contributed by atoms with Crippen LogP contribution >= 0.6 is 11.6 Å². The number of anilines is 1. The van der Waals surface area contributed by atoms with Gasteiger partial charge in [0.05, 0.1) is 46.8 Å². The van der Waals surface area contributed by atoms with Crippen LogP contribution in [-0.2, 0) is 19.1 Å². The number of pyridine rings is 1. The van der Waals surface area contributed by atoms with E-state index >= 15 is 0 Å². The first-order chi connectivity index (χ1) is 16.8. The Hall–Kier alpha value is -2.95. The molecule has 11 heteroatoms. The lowest BCUT2D eigenvalue weighted by molar-refractivity contribution is -0.145. The molecule has 0 atom stereocenters. The zero-order chi connectivity index (χ0) is 24.6. The van der Waals surface area contributed by atoms with Crippen LogP contribution in [0.5, 0.6) is 0 Å². The van der Waals surface area contributed by atoms with Crippen LogP contribution in [0.25, 0.3) is 5.69 Å². The van der Waals surface area contributed by atoms with Gasteiger partial charge in [0.1, 0.15) is 6.10 Å². The number of nitrogens with zero attached hydrogens (tertiary/aromatic N) is 5. The number of rotatable bonds is 6. The van der Waals surface area contributed by atoms with Gasteiger partial charge in [-0.3, -0.25) is 14.0 Å². The van der Waals surface area contributed by atoms with Crippen molar-refractivity contribution in [3.05, 3.63) is 65.7 Å². The summed E-state index contributed by atoms with van der Waals surface area (Å²) in [7, 11) is -3.84. The number of hydrogen-bond acceptors (Lipinski definition) is 7. The summed E-state index contributed by atoms with van der Waals surface area (Å²) in [5, 5.41) is 4.85. The molecule has 5 rings (SSSR count). The molecule has 0 N–H and O–H groups in total. The van der Waals surface area contributed by atoms with Crippen molar-refractivity contribution in [2.45, 2.75) is 30.8 Å². The highest BCUT2D eigenvalue weighted by Crippen LogP contribution is 2.30. The zero-order valence-electron chi connectivity index (χ0n) is 19.2. The van der Waals surface area contributed by atoms with Crippen molar-refractivity contribution in [2.75, 3.05) is 31.1 Å². The van der Waals surface area contributed by atoms with Crippen molar-refractivity contribution < 1.29 is 17.4 Å². The maximum absolute atomic E-state index is 13.0. The highest BCUT2D eigenvalue weighted by atomic mass is 35.5. The van der Waals surface area contributed by atoms with E-state index in [1.165, 1.54) is 12.1 Å². The fourth-order valence-electron chi connectivity index (χ4n) is 4.49. The molecule has 2 saturated heterocycles. The molecule has 0 spiro atoms. The minimum atomic E-state index is -3.84. The number of likely N-dealkylation sites (tertiary alicyclic amines) is 1. The topological polar surface area (TPSA) is 97.6 Å². The van der Waals surface area contributed by atoms with Crippen LogP contribution in [0, 0.1) is 12.8 Å². The average Bonchev–Trinajstić information content (AvgIpc) is 3.27. The van der Waals surface area contributed by atoms with Gasteiger partial charge in [-0.1, -0.05) is 29.3 Å². The Morgan fingerprint density at radius 1 is 1.06 bits per heavy atom. The lowest BCUT2D eigenvalue weighted by Crippen LogP contribution is -2.57. The van der Waals surface area contributed by atoms with E-state index in [1.54, 1.807) is 46.5 Å². The van der Waals surface area contributed by atoms with Gasteiger partial charge < -0.3 is 9.80 Å². The van der Waals surface area contributed by atoms with Gasteiger partial charge in [-0.2, -0.15) is 13.5 Å². The number of hydrogen-bond donors (Lipinski definition) is 0. The predicted octanol–water partition coefficient (Wildman–Crippen LogP) is 3.06. The number of aryl methyl sites for hydroxylation is 1. The van der Waals surface area contributed by atoms with Crippen LogP contribution in [0.3, 0.4) is 0 Å². The molecule has 184 valence electrons. The Morgan fingerprint density at radius 2 is 1.77 bits per heavy atom. The minimum absolute atomic E-state index is 0.0579. The lowest BCUT2D eigenvalue weighted by atomic mass is 9.93. The number of benzene rings is 1. The molecule has 9 nitrogen and oxygen atoms in total. The molecule has 0 bridgehead atoms. The van der Waals surface area contributed by atoms with E-state index in [9.17, 15) is 13.2 Å². The number of amides is 1. The Labute approximate surface area is 209 Å². The van der Waals surface area contributed by atoms with Gasteiger partial charge >= 0.3 is 0 Å². The Bertz CT molecular complexity index is 1310. The minimum Gasteiger partial charge on any atom is -0.368 e. The van der Waals surface area contributed by atoms with Crippen molar-refractivity contribution in [3.8, 4) is 5.69 Å². The normalized spacial score (nSPS) is 17.4. The van der Waals surface area contributed by atoms with Gasteiger partial charge in [-0.15, -0.1) is 0 Å². The molecule has 1 amide bonds. The summed E-state index contributed by atoms with van der Waals surface area (Å²) in [5.41, 5.74) is 2.80. The van der Waals surface area contributed by atoms with Crippen molar-refractivity contribution in [3.63, 3.8) is 0 Å². The van der Waals surface area contributed by atoms with Gasteiger partial charge in [0.2, 0.25) is 5.91 Å². The van der Waals surface area contributed by atoms with E-state index in [0.29, 0.717) is 31.0 Å². The summed E-state index contributed by atoms with van der Waals surface area (Å²) < 4.78 is 32.0. The molecule has 0 aliphatic carbocycles. The largest absolute Gasteiger partial charge is 0.368 e. The third-order valence-electron chi connectivity index (χ3n) is 6.49. The maximum Gasteiger partial charge on any atom is 0.297 e. The van der Waals surface area contributed by atoms with Gasteiger partial charge in [-0.25, -0.2) is 4.68 Å². The Morgan fingerprint density at radius 3 is 2.43 bits per heavy atom. The van der Waals surface area contributed by atoms with E-state index < -0.39 is 16.2 Å². The lowest BCUT2D eigenvalue weighted by Gasteiger charge is -2.42. The molecule has 2 aromatic heterocycles. The highest BCUT2D eigenvalue weighted by Gasteiger charge is 2.39. The van der Waals surface area contributed by atoms with Gasteiger partial charge in [0, 0.05) is 31.4 Å². The smallest absolute Gasteiger partial charge is 0.297 e. The fraction of sp³-hybridized carbons (Fsp3) is 0.375. The molecule has 35 heavy (non-hydrogen) atoms. The standard InChI is InChI=1S/C24H26ClN5O4S/c1-17-2-4-21(5-3-17)35(32,33)34-20-15-29(16-20)24(31)18-7-10-28(11-8-18)23-13-26-9-6-22(23)30-14-19(25)12-27-30/h2-6,9,12-14,18,20H,7-8,10-11,15-16H2,1H3. The average molecular weight is 516 g/mol. The van der Waals surface area contributed by atoms with Crippen molar-refractivity contribution in [1.82, 2.24) is 19.7 Å². The van der Waals surface area contributed by atoms with Crippen LogP contribution in [0.15, 0.2) is 60.0 Å². The third-order valence-corrected chi connectivity index (χ3v) is 8.06. The van der Waals surface area contributed by atoms with E-state index in [-0.39, 0.29) is 29.8 Å². The molecular formula is C24H26ClN5O4S. The number of carbonyl (C=O) groups is 1.